The number of carbonyl (C=O) groups is 1. The third-order valence-corrected chi connectivity index (χ3v) is 4.98. The van der Waals surface area contributed by atoms with Crippen molar-refractivity contribution in [3.63, 3.8) is 0 Å². The van der Waals surface area contributed by atoms with Crippen LogP contribution in [0.5, 0.6) is 5.75 Å². The van der Waals surface area contributed by atoms with Crippen LogP contribution < -0.4 is 10.2 Å². The zero-order chi connectivity index (χ0) is 18.8. The van der Waals surface area contributed by atoms with Crippen molar-refractivity contribution in [3.05, 3.63) is 23.8 Å². The lowest BCUT2D eigenvalue weighted by molar-refractivity contribution is 0.00578. The van der Waals surface area contributed by atoms with Crippen LogP contribution in [-0.4, -0.2) is 61.5 Å². The van der Waals surface area contributed by atoms with Crippen LogP contribution in [0.15, 0.2) is 18.2 Å². The van der Waals surface area contributed by atoms with Gasteiger partial charge in [0, 0.05) is 20.2 Å². The van der Waals surface area contributed by atoms with Crippen LogP contribution in [0.2, 0.25) is 0 Å². The molecule has 0 spiro atoms. The Bertz CT molecular complexity index is 616. The minimum absolute atomic E-state index is 0.0444. The summed E-state index contributed by atoms with van der Waals surface area (Å²) in [6.07, 6.45) is 0.529. The summed E-state index contributed by atoms with van der Waals surface area (Å²) in [7, 11) is 2.71. The van der Waals surface area contributed by atoms with Crippen LogP contribution in [0.4, 0.5) is 0 Å². The highest BCUT2D eigenvalue weighted by Crippen LogP contribution is 2.36. The van der Waals surface area contributed by atoms with Gasteiger partial charge >= 0.3 is 7.12 Å². The van der Waals surface area contributed by atoms with Gasteiger partial charge in [0.15, 0.2) is 0 Å². The monoisotopic (exact) mass is 349 g/mol. The van der Waals surface area contributed by atoms with E-state index in [-0.39, 0.29) is 12.5 Å². The number of aliphatic hydroxyl groups excluding tert-OH is 1. The van der Waals surface area contributed by atoms with Crippen LogP contribution in [0.3, 0.4) is 0 Å². The lowest BCUT2D eigenvalue weighted by atomic mass is 9.78. The Kier molecular flexibility index (Phi) is 5.81. The van der Waals surface area contributed by atoms with Crippen molar-refractivity contribution in [3.8, 4) is 5.75 Å². The average Bonchev–Trinajstić information content (AvgIpc) is 2.79. The number of nitrogens with zero attached hydrogens (tertiary/aromatic N) is 1. The van der Waals surface area contributed by atoms with E-state index >= 15 is 0 Å². The summed E-state index contributed by atoms with van der Waals surface area (Å²) < 4.78 is 17.5. The first kappa shape index (κ1) is 19.8. The zero-order valence-corrected chi connectivity index (χ0v) is 16.0. The third-order valence-electron chi connectivity index (χ3n) is 4.98. The molecule has 6 nitrogen and oxygen atoms in total. The van der Waals surface area contributed by atoms with Gasteiger partial charge in [-0.05, 0) is 51.7 Å². The highest BCUT2D eigenvalue weighted by Gasteiger charge is 2.51. The summed E-state index contributed by atoms with van der Waals surface area (Å²) in [6, 6.07) is 5.37. The van der Waals surface area contributed by atoms with Crippen molar-refractivity contribution in [2.45, 2.75) is 45.3 Å². The summed E-state index contributed by atoms with van der Waals surface area (Å²) >= 11 is 0. The largest absolute Gasteiger partial charge is 0.496 e. The minimum atomic E-state index is -0.537. The van der Waals surface area contributed by atoms with E-state index in [4.69, 9.17) is 19.2 Å². The Morgan fingerprint density at radius 2 is 1.84 bits per heavy atom. The number of hydrogen-bond acceptors (Lipinski definition) is 5. The first-order valence-electron chi connectivity index (χ1n) is 8.53. The smallest absolute Gasteiger partial charge is 0.494 e. The predicted molar refractivity (Wildman–Crippen MR) is 97.4 cm³/mol. The summed E-state index contributed by atoms with van der Waals surface area (Å²) in [5, 5.41) is 8.96. The molecule has 0 saturated carbocycles. The molecule has 1 heterocycles. The number of rotatable bonds is 6. The van der Waals surface area contributed by atoms with E-state index < -0.39 is 18.3 Å². The Balaban J connectivity index is 2.30. The molecular formula is C18H28BNO5. The maximum atomic E-state index is 12.7. The normalized spacial score (nSPS) is 18.3. The van der Waals surface area contributed by atoms with Crippen LogP contribution in [-0.2, 0) is 9.31 Å². The topological polar surface area (TPSA) is 68.2 Å². The number of carbonyl (C=O) groups excluding carboxylic acids is 1. The van der Waals surface area contributed by atoms with Crippen molar-refractivity contribution >= 4 is 18.5 Å². The minimum Gasteiger partial charge on any atom is -0.496 e. The van der Waals surface area contributed by atoms with Gasteiger partial charge < -0.3 is 24.1 Å². The lowest BCUT2D eigenvalue weighted by Crippen LogP contribution is -2.41. The molecule has 1 N–H and O–H groups in total. The molecule has 1 fully saturated rings. The Labute approximate surface area is 150 Å². The van der Waals surface area contributed by atoms with Gasteiger partial charge in [-0.15, -0.1) is 0 Å². The number of benzene rings is 1. The Morgan fingerprint density at radius 3 is 2.36 bits per heavy atom. The van der Waals surface area contributed by atoms with Crippen LogP contribution in [0.25, 0.3) is 0 Å². The maximum absolute atomic E-state index is 12.7. The molecule has 0 unspecified atom stereocenters. The van der Waals surface area contributed by atoms with Crippen molar-refractivity contribution in [2.24, 2.45) is 0 Å². The SMILES string of the molecule is COc1ccc(B2OC(C)(C)C(C)(C)O2)cc1C(=O)N(C)CCCO. The molecule has 1 aromatic rings. The van der Waals surface area contributed by atoms with Gasteiger partial charge in [0.25, 0.3) is 5.91 Å². The molecule has 1 saturated heterocycles. The Morgan fingerprint density at radius 1 is 1.24 bits per heavy atom. The van der Waals surface area contributed by atoms with E-state index in [1.807, 2.05) is 33.8 Å². The molecule has 1 aliphatic heterocycles. The van der Waals surface area contributed by atoms with Gasteiger partial charge in [-0.3, -0.25) is 4.79 Å². The molecule has 0 atom stereocenters. The van der Waals surface area contributed by atoms with Gasteiger partial charge in [-0.1, -0.05) is 6.07 Å². The van der Waals surface area contributed by atoms with E-state index in [2.05, 4.69) is 0 Å². The van der Waals surface area contributed by atoms with Crippen LogP contribution in [0, 0.1) is 0 Å². The molecule has 1 aromatic carbocycles. The van der Waals surface area contributed by atoms with Gasteiger partial charge in [0.2, 0.25) is 0 Å². The maximum Gasteiger partial charge on any atom is 0.494 e. The van der Waals surface area contributed by atoms with Crippen molar-refractivity contribution in [1.29, 1.82) is 0 Å². The number of hydrogen-bond donors (Lipinski definition) is 1. The summed E-state index contributed by atoms with van der Waals surface area (Å²) in [5.74, 6) is 0.338. The lowest BCUT2D eigenvalue weighted by Gasteiger charge is -2.32. The van der Waals surface area contributed by atoms with Crippen molar-refractivity contribution in [2.75, 3.05) is 27.3 Å². The highest BCUT2D eigenvalue weighted by molar-refractivity contribution is 6.62. The first-order chi connectivity index (χ1) is 11.6. The number of ether oxygens (including phenoxy) is 1. The highest BCUT2D eigenvalue weighted by atomic mass is 16.7. The van der Waals surface area contributed by atoms with E-state index in [0.29, 0.717) is 24.3 Å². The second-order valence-electron chi connectivity index (χ2n) is 7.35. The zero-order valence-electron chi connectivity index (χ0n) is 16.0. The molecule has 0 aromatic heterocycles. The van der Waals surface area contributed by atoms with Crippen molar-refractivity contribution < 1.29 is 23.9 Å². The quantitative estimate of drug-likeness (QED) is 0.788. The molecule has 0 bridgehead atoms. The van der Waals surface area contributed by atoms with E-state index in [9.17, 15) is 4.79 Å². The van der Waals surface area contributed by atoms with Gasteiger partial charge in [0.05, 0.1) is 23.9 Å². The number of amides is 1. The fourth-order valence-electron chi connectivity index (χ4n) is 2.63. The second-order valence-corrected chi connectivity index (χ2v) is 7.35. The Hall–Kier alpha value is -1.57. The predicted octanol–water partition coefficient (Wildman–Crippen LogP) is 1.45. The molecule has 1 aliphatic rings. The average molecular weight is 349 g/mol. The molecule has 7 heteroatoms. The van der Waals surface area contributed by atoms with E-state index in [1.54, 1.807) is 24.1 Å². The number of methoxy groups -OCH3 is 1. The molecule has 25 heavy (non-hydrogen) atoms. The molecule has 138 valence electrons. The van der Waals surface area contributed by atoms with Gasteiger partial charge in [0.1, 0.15) is 5.75 Å². The molecule has 2 rings (SSSR count). The summed E-state index contributed by atoms with van der Waals surface area (Å²) in [6.45, 7) is 8.48. The molecular weight excluding hydrogens is 321 g/mol. The third kappa shape index (κ3) is 3.99. The summed E-state index contributed by atoms with van der Waals surface area (Å²) in [4.78, 5) is 14.3. The van der Waals surface area contributed by atoms with Gasteiger partial charge in [-0.2, -0.15) is 0 Å². The molecule has 0 radical (unpaired) electrons. The summed E-state index contributed by atoms with van der Waals surface area (Å²) in [5.41, 5.74) is 0.341. The second kappa shape index (κ2) is 7.36. The fraction of sp³-hybridized carbons (Fsp3) is 0.611. The standard InChI is InChI=1S/C18H28BNO5/c1-17(2)18(3,4)25-19(24-17)13-8-9-15(23-6)14(12-13)16(22)20(5)10-7-11-21/h8-9,12,21H,7,10-11H2,1-6H3. The van der Waals surface area contributed by atoms with Crippen LogP contribution in [0.1, 0.15) is 44.5 Å². The van der Waals surface area contributed by atoms with E-state index in [1.165, 1.54) is 7.11 Å². The van der Waals surface area contributed by atoms with Gasteiger partial charge in [-0.25, -0.2) is 0 Å². The van der Waals surface area contributed by atoms with Crippen molar-refractivity contribution in [1.82, 2.24) is 4.90 Å². The fourth-order valence-corrected chi connectivity index (χ4v) is 2.63. The van der Waals surface area contributed by atoms with Crippen LogP contribution >= 0.6 is 0 Å². The first-order valence-corrected chi connectivity index (χ1v) is 8.53. The van der Waals surface area contributed by atoms with E-state index in [0.717, 1.165) is 5.46 Å². The molecule has 0 aliphatic carbocycles. The molecule has 1 amide bonds. The number of aliphatic hydroxyl groups is 1.